The third-order valence-electron chi connectivity index (χ3n) is 3.88. The van der Waals surface area contributed by atoms with Crippen molar-refractivity contribution < 1.29 is 9.90 Å². The number of nitrogens with zero attached hydrogens (tertiary/aromatic N) is 1. The molecule has 1 aliphatic carbocycles. The van der Waals surface area contributed by atoms with Gasteiger partial charge in [0.2, 0.25) is 5.91 Å². The minimum atomic E-state index is -0.163. The molecule has 0 aliphatic heterocycles. The predicted molar refractivity (Wildman–Crippen MR) is 70.1 cm³/mol. The molecule has 0 atom stereocenters. The Bertz CT molecular complexity index is 367. The molecule has 0 aromatic carbocycles. The summed E-state index contributed by atoms with van der Waals surface area (Å²) in [5, 5.41) is 9.47. The second-order valence-electron chi connectivity index (χ2n) is 5.16. The van der Waals surface area contributed by atoms with Crippen LogP contribution in [0.2, 0.25) is 0 Å². The van der Waals surface area contributed by atoms with Crippen LogP contribution in [0.3, 0.4) is 0 Å². The predicted octanol–water partition coefficient (Wildman–Crippen LogP) is 1.71. The van der Waals surface area contributed by atoms with E-state index in [1.165, 1.54) is 0 Å². The number of nitrogens with one attached hydrogen (secondary N) is 1. The lowest BCUT2D eigenvalue weighted by Crippen LogP contribution is -2.40. The van der Waals surface area contributed by atoms with E-state index in [1.54, 1.807) is 0 Å². The summed E-state index contributed by atoms with van der Waals surface area (Å²) in [7, 11) is 1.89. The van der Waals surface area contributed by atoms with Crippen molar-refractivity contribution in [3.8, 4) is 0 Å². The number of aliphatic hydroxyl groups is 1. The summed E-state index contributed by atoms with van der Waals surface area (Å²) in [6.07, 6.45) is 6.52. The molecule has 4 heteroatoms. The molecule has 0 radical (unpaired) electrons. The van der Waals surface area contributed by atoms with Crippen LogP contribution >= 0.6 is 0 Å². The molecule has 1 aromatic heterocycles. The highest BCUT2D eigenvalue weighted by Crippen LogP contribution is 2.22. The molecule has 1 aromatic rings. The molecule has 0 spiro atoms. The molecule has 2 rings (SSSR count). The van der Waals surface area contributed by atoms with E-state index >= 15 is 0 Å². The summed E-state index contributed by atoms with van der Waals surface area (Å²) in [6, 6.07) is 4.26. The summed E-state index contributed by atoms with van der Waals surface area (Å²) in [5.74, 6) is 0.200. The van der Waals surface area contributed by atoms with Gasteiger partial charge >= 0.3 is 0 Å². The number of amides is 1. The SMILES string of the molecule is CN(C(=O)CCc1ccc[nH]1)C1CCC(O)CC1. The molecule has 1 saturated carbocycles. The Morgan fingerprint density at radius 1 is 1.44 bits per heavy atom. The highest BCUT2D eigenvalue weighted by Gasteiger charge is 2.25. The van der Waals surface area contributed by atoms with E-state index in [4.69, 9.17) is 0 Å². The minimum absolute atomic E-state index is 0.163. The van der Waals surface area contributed by atoms with E-state index in [0.717, 1.165) is 37.8 Å². The number of H-pyrrole nitrogens is 1. The standard InChI is InChI=1S/C14H22N2O2/c1-16(12-5-7-13(17)8-6-12)14(18)9-4-11-3-2-10-15-11/h2-3,10,12-13,15,17H,4-9H2,1H3. The Morgan fingerprint density at radius 2 is 2.17 bits per heavy atom. The molecule has 18 heavy (non-hydrogen) atoms. The highest BCUT2D eigenvalue weighted by molar-refractivity contribution is 5.76. The number of aromatic nitrogens is 1. The zero-order valence-corrected chi connectivity index (χ0v) is 10.9. The molecular weight excluding hydrogens is 228 g/mol. The van der Waals surface area contributed by atoms with Gasteiger partial charge in [0, 0.05) is 31.4 Å². The second-order valence-corrected chi connectivity index (χ2v) is 5.16. The molecule has 2 N–H and O–H groups in total. The van der Waals surface area contributed by atoms with Crippen LogP contribution in [0.25, 0.3) is 0 Å². The zero-order valence-electron chi connectivity index (χ0n) is 10.9. The van der Waals surface area contributed by atoms with Crippen LogP contribution in [-0.4, -0.2) is 40.1 Å². The molecule has 0 bridgehead atoms. The molecule has 1 heterocycles. The first kappa shape index (κ1) is 13.1. The molecular formula is C14H22N2O2. The van der Waals surface area contributed by atoms with Crippen LogP contribution < -0.4 is 0 Å². The number of carbonyl (C=O) groups is 1. The number of hydrogen-bond acceptors (Lipinski definition) is 2. The molecule has 1 amide bonds. The average molecular weight is 250 g/mol. The van der Waals surface area contributed by atoms with Crippen molar-refractivity contribution in [1.82, 2.24) is 9.88 Å². The Hall–Kier alpha value is -1.29. The molecule has 0 saturated heterocycles. The lowest BCUT2D eigenvalue weighted by atomic mass is 9.92. The van der Waals surface area contributed by atoms with Gasteiger partial charge in [0.05, 0.1) is 6.10 Å². The Labute approximate surface area is 108 Å². The normalized spacial score (nSPS) is 23.9. The highest BCUT2D eigenvalue weighted by atomic mass is 16.3. The minimum Gasteiger partial charge on any atom is -0.393 e. The number of carbonyl (C=O) groups excluding carboxylic acids is 1. The van der Waals surface area contributed by atoms with Crippen LogP contribution in [0.15, 0.2) is 18.3 Å². The van der Waals surface area contributed by atoms with Crippen LogP contribution in [0.5, 0.6) is 0 Å². The number of aryl methyl sites for hydroxylation is 1. The summed E-state index contributed by atoms with van der Waals surface area (Å²) in [6.45, 7) is 0. The molecule has 0 unspecified atom stereocenters. The second kappa shape index (κ2) is 6.05. The molecule has 4 nitrogen and oxygen atoms in total. The van der Waals surface area contributed by atoms with E-state index in [1.807, 2.05) is 30.3 Å². The van der Waals surface area contributed by atoms with E-state index in [-0.39, 0.29) is 12.0 Å². The molecule has 1 aliphatic rings. The van der Waals surface area contributed by atoms with Crippen molar-refractivity contribution in [2.75, 3.05) is 7.05 Å². The van der Waals surface area contributed by atoms with Crippen molar-refractivity contribution in [3.63, 3.8) is 0 Å². The first-order valence-electron chi connectivity index (χ1n) is 6.73. The van der Waals surface area contributed by atoms with Crippen LogP contribution in [0.4, 0.5) is 0 Å². The van der Waals surface area contributed by atoms with E-state index < -0.39 is 0 Å². The molecule has 100 valence electrons. The maximum Gasteiger partial charge on any atom is 0.222 e. The third-order valence-corrected chi connectivity index (χ3v) is 3.88. The van der Waals surface area contributed by atoms with Gasteiger partial charge in [-0.05, 0) is 44.2 Å². The third kappa shape index (κ3) is 3.35. The quantitative estimate of drug-likeness (QED) is 0.854. The maximum atomic E-state index is 12.1. The fraction of sp³-hybridized carbons (Fsp3) is 0.643. The van der Waals surface area contributed by atoms with Gasteiger partial charge in [-0.2, -0.15) is 0 Å². The van der Waals surface area contributed by atoms with Gasteiger partial charge in [-0.25, -0.2) is 0 Å². The fourth-order valence-electron chi connectivity index (χ4n) is 2.59. The average Bonchev–Trinajstić information content (AvgIpc) is 2.89. The monoisotopic (exact) mass is 250 g/mol. The van der Waals surface area contributed by atoms with Crippen molar-refractivity contribution in [2.24, 2.45) is 0 Å². The number of hydrogen-bond donors (Lipinski definition) is 2. The van der Waals surface area contributed by atoms with E-state index in [2.05, 4.69) is 4.98 Å². The summed E-state index contributed by atoms with van der Waals surface area (Å²) in [4.78, 5) is 17.1. The van der Waals surface area contributed by atoms with Gasteiger partial charge in [0.25, 0.3) is 0 Å². The first-order valence-corrected chi connectivity index (χ1v) is 6.73. The van der Waals surface area contributed by atoms with Gasteiger partial charge in [0.1, 0.15) is 0 Å². The molecule has 1 fully saturated rings. The lowest BCUT2D eigenvalue weighted by molar-refractivity contribution is -0.133. The largest absolute Gasteiger partial charge is 0.393 e. The van der Waals surface area contributed by atoms with Crippen LogP contribution in [0.1, 0.15) is 37.8 Å². The van der Waals surface area contributed by atoms with Gasteiger partial charge in [-0.15, -0.1) is 0 Å². The first-order chi connectivity index (χ1) is 8.66. The number of aliphatic hydroxyl groups excluding tert-OH is 1. The Morgan fingerprint density at radius 3 is 2.78 bits per heavy atom. The number of rotatable bonds is 4. The van der Waals surface area contributed by atoms with Gasteiger partial charge in [-0.3, -0.25) is 4.79 Å². The van der Waals surface area contributed by atoms with Gasteiger partial charge in [-0.1, -0.05) is 0 Å². The lowest BCUT2D eigenvalue weighted by Gasteiger charge is -2.33. The maximum absolute atomic E-state index is 12.1. The smallest absolute Gasteiger partial charge is 0.222 e. The van der Waals surface area contributed by atoms with Crippen LogP contribution in [-0.2, 0) is 11.2 Å². The van der Waals surface area contributed by atoms with Crippen molar-refractivity contribution in [2.45, 2.75) is 50.7 Å². The van der Waals surface area contributed by atoms with E-state index in [0.29, 0.717) is 12.5 Å². The Balaban J connectivity index is 1.77. The Kier molecular flexibility index (Phi) is 4.42. The fourth-order valence-corrected chi connectivity index (χ4v) is 2.59. The van der Waals surface area contributed by atoms with Gasteiger partial charge in [0.15, 0.2) is 0 Å². The van der Waals surface area contributed by atoms with Gasteiger partial charge < -0.3 is 15.0 Å². The van der Waals surface area contributed by atoms with Crippen LogP contribution in [0, 0.1) is 0 Å². The number of aromatic amines is 1. The van der Waals surface area contributed by atoms with E-state index in [9.17, 15) is 9.90 Å². The summed E-state index contributed by atoms with van der Waals surface area (Å²) < 4.78 is 0. The van der Waals surface area contributed by atoms with Crippen molar-refractivity contribution >= 4 is 5.91 Å². The summed E-state index contributed by atoms with van der Waals surface area (Å²) in [5.41, 5.74) is 1.11. The van der Waals surface area contributed by atoms with Crippen molar-refractivity contribution in [3.05, 3.63) is 24.0 Å². The summed E-state index contributed by atoms with van der Waals surface area (Å²) >= 11 is 0. The zero-order chi connectivity index (χ0) is 13.0. The van der Waals surface area contributed by atoms with Crippen molar-refractivity contribution in [1.29, 1.82) is 0 Å². The topological polar surface area (TPSA) is 56.3 Å².